The van der Waals surface area contributed by atoms with E-state index in [1.54, 1.807) is 0 Å². The molecule has 0 bridgehead atoms. The third kappa shape index (κ3) is 4.34. The van der Waals surface area contributed by atoms with Gasteiger partial charge in [0.1, 0.15) is 23.3 Å². The van der Waals surface area contributed by atoms with Crippen LogP contribution >= 0.6 is 23.2 Å². The highest BCUT2D eigenvalue weighted by Gasteiger charge is 2.25. The van der Waals surface area contributed by atoms with E-state index in [1.165, 1.54) is 24.4 Å². The molecular weight excluding hydrogens is 420 g/mol. The number of benzene rings is 2. The van der Waals surface area contributed by atoms with Gasteiger partial charge in [-0.05, 0) is 18.2 Å². The fourth-order valence-corrected chi connectivity index (χ4v) is 3.19. The number of aromatic nitrogens is 1. The lowest BCUT2D eigenvalue weighted by Crippen LogP contribution is -2.20. The van der Waals surface area contributed by atoms with E-state index < -0.39 is 18.1 Å². The van der Waals surface area contributed by atoms with Crippen molar-refractivity contribution in [3.8, 4) is 5.75 Å². The number of fused-ring (bicyclic) bond motifs is 1. The topological polar surface area (TPSA) is 57.7 Å². The molecule has 2 heterocycles. The number of carbonyl (C=O) groups excluding carboxylic acids is 1. The van der Waals surface area contributed by atoms with Gasteiger partial charge in [0.2, 0.25) is 6.29 Å². The Kier molecular flexibility index (Phi) is 5.67. The maximum absolute atomic E-state index is 14.0. The summed E-state index contributed by atoms with van der Waals surface area (Å²) >= 11 is 11.6. The van der Waals surface area contributed by atoms with Crippen LogP contribution in [0.1, 0.15) is 33.3 Å². The molecule has 148 valence electrons. The smallest absolute Gasteiger partial charge is 0.340 e. The zero-order valence-corrected chi connectivity index (χ0v) is 16.4. The number of carbonyl (C=O) groups is 1. The summed E-state index contributed by atoms with van der Waals surface area (Å²) in [6, 6.07) is 13.3. The summed E-state index contributed by atoms with van der Waals surface area (Å²) in [7, 11) is 0. The van der Waals surface area contributed by atoms with Crippen LogP contribution in [-0.4, -0.2) is 11.0 Å². The molecule has 1 aliphatic heterocycles. The Labute approximate surface area is 175 Å². The maximum atomic E-state index is 14.0. The van der Waals surface area contributed by atoms with Crippen molar-refractivity contribution in [1.82, 2.24) is 4.98 Å². The third-order valence-electron chi connectivity index (χ3n) is 4.29. The quantitative estimate of drug-likeness (QED) is 0.402. The average Bonchev–Trinajstić information content (AvgIpc) is 2.74. The van der Waals surface area contributed by atoms with E-state index in [2.05, 4.69) is 4.98 Å². The van der Waals surface area contributed by atoms with E-state index >= 15 is 0 Å². The summed E-state index contributed by atoms with van der Waals surface area (Å²) in [6.07, 6.45) is 0.621. The molecule has 0 N–H and O–H groups in total. The molecule has 8 heteroatoms. The highest BCUT2D eigenvalue weighted by atomic mass is 35.5. The Balaban J connectivity index is 1.54. The van der Waals surface area contributed by atoms with Gasteiger partial charge in [-0.25, -0.2) is 14.2 Å². The lowest BCUT2D eigenvalue weighted by molar-refractivity contribution is -0.112. The van der Waals surface area contributed by atoms with Gasteiger partial charge in [0.05, 0.1) is 17.2 Å². The molecule has 0 spiro atoms. The van der Waals surface area contributed by atoms with E-state index in [0.717, 1.165) is 5.56 Å². The number of pyridine rings is 1. The molecule has 4 rings (SSSR count). The Morgan fingerprint density at radius 2 is 2.00 bits per heavy atom. The van der Waals surface area contributed by atoms with Crippen LogP contribution in [-0.2, 0) is 22.7 Å². The molecule has 1 atom stereocenters. The van der Waals surface area contributed by atoms with Crippen LogP contribution in [0.15, 0.2) is 54.7 Å². The fourth-order valence-electron chi connectivity index (χ4n) is 2.92. The Morgan fingerprint density at radius 1 is 1.21 bits per heavy atom. The number of halogens is 3. The van der Waals surface area contributed by atoms with Gasteiger partial charge in [-0.15, -0.1) is 0 Å². The molecule has 0 fully saturated rings. The summed E-state index contributed by atoms with van der Waals surface area (Å²) in [5, 5.41) is 0.221. The minimum absolute atomic E-state index is 0.0859. The number of esters is 1. The van der Waals surface area contributed by atoms with Crippen molar-refractivity contribution < 1.29 is 23.4 Å². The standard InChI is InChI=1S/C21H14Cl2FNO4/c22-17-8-13(9-25-19(17)23)20(26)27-10-14-6-16(24)7-15-11-28-21(29-18(14)15)12-4-2-1-3-5-12/h1-9,21H,10-11H2. The largest absolute Gasteiger partial charge is 0.460 e. The minimum Gasteiger partial charge on any atom is -0.460 e. The predicted octanol–water partition coefficient (Wildman–Crippen LogP) is 5.49. The monoisotopic (exact) mass is 433 g/mol. The van der Waals surface area contributed by atoms with E-state index in [-0.39, 0.29) is 29.0 Å². The lowest BCUT2D eigenvalue weighted by Gasteiger charge is -2.28. The van der Waals surface area contributed by atoms with Crippen LogP contribution in [0.4, 0.5) is 4.39 Å². The van der Waals surface area contributed by atoms with Crippen molar-refractivity contribution in [3.63, 3.8) is 0 Å². The molecule has 1 aromatic heterocycles. The second kappa shape index (κ2) is 8.37. The van der Waals surface area contributed by atoms with Crippen LogP contribution in [0.3, 0.4) is 0 Å². The minimum atomic E-state index is -0.666. The van der Waals surface area contributed by atoms with Gasteiger partial charge in [0, 0.05) is 22.9 Å². The molecule has 5 nitrogen and oxygen atoms in total. The molecule has 0 saturated carbocycles. The van der Waals surface area contributed by atoms with E-state index in [4.69, 9.17) is 37.4 Å². The van der Waals surface area contributed by atoms with Crippen LogP contribution < -0.4 is 4.74 Å². The second-order valence-electron chi connectivity index (χ2n) is 6.30. The zero-order valence-electron chi connectivity index (χ0n) is 14.9. The molecule has 1 unspecified atom stereocenters. The van der Waals surface area contributed by atoms with Gasteiger partial charge in [0.15, 0.2) is 0 Å². The Morgan fingerprint density at radius 3 is 2.76 bits per heavy atom. The highest BCUT2D eigenvalue weighted by Crippen LogP contribution is 2.37. The van der Waals surface area contributed by atoms with Crippen molar-refractivity contribution in [1.29, 1.82) is 0 Å². The zero-order chi connectivity index (χ0) is 20.4. The Bertz CT molecular complexity index is 1060. The van der Waals surface area contributed by atoms with Crippen molar-refractivity contribution >= 4 is 29.2 Å². The molecule has 0 radical (unpaired) electrons. The lowest BCUT2D eigenvalue weighted by atomic mass is 10.1. The molecule has 0 amide bonds. The first kappa shape index (κ1) is 19.6. The van der Waals surface area contributed by atoms with E-state index in [1.807, 2.05) is 30.3 Å². The SMILES string of the molecule is O=C(OCc1cc(F)cc2c1OC(c1ccccc1)OC2)c1cnc(Cl)c(Cl)c1. The van der Waals surface area contributed by atoms with E-state index in [9.17, 15) is 9.18 Å². The first-order chi connectivity index (χ1) is 14.0. The average molecular weight is 434 g/mol. The van der Waals surface area contributed by atoms with Gasteiger partial charge in [-0.3, -0.25) is 0 Å². The predicted molar refractivity (Wildman–Crippen MR) is 104 cm³/mol. The third-order valence-corrected chi connectivity index (χ3v) is 4.97. The summed E-state index contributed by atoms with van der Waals surface area (Å²) in [6.45, 7) is -0.0228. The number of rotatable bonds is 4. The fraction of sp³-hybridized carbons (Fsp3) is 0.143. The number of nitrogens with zero attached hydrogens (tertiary/aromatic N) is 1. The first-order valence-corrected chi connectivity index (χ1v) is 9.39. The summed E-state index contributed by atoms with van der Waals surface area (Å²) < 4.78 is 31.0. The van der Waals surface area contributed by atoms with Gasteiger partial charge in [0.25, 0.3) is 0 Å². The van der Waals surface area contributed by atoms with Gasteiger partial charge in [-0.1, -0.05) is 53.5 Å². The summed E-state index contributed by atoms with van der Waals surface area (Å²) in [4.78, 5) is 16.1. The Hall–Kier alpha value is -2.67. The molecular formula is C21H14Cl2FNO4. The van der Waals surface area contributed by atoms with Crippen molar-refractivity contribution in [3.05, 3.63) is 93.0 Å². The van der Waals surface area contributed by atoms with Gasteiger partial charge in [-0.2, -0.15) is 0 Å². The van der Waals surface area contributed by atoms with Gasteiger partial charge >= 0.3 is 5.97 Å². The molecule has 1 aliphatic rings. The number of ether oxygens (including phenoxy) is 3. The molecule has 29 heavy (non-hydrogen) atoms. The van der Waals surface area contributed by atoms with Crippen LogP contribution in [0.25, 0.3) is 0 Å². The van der Waals surface area contributed by atoms with E-state index in [0.29, 0.717) is 16.9 Å². The summed E-state index contributed by atoms with van der Waals surface area (Å²) in [5.41, 5.74) is 1.90. The van der Waals surface area contributed by atoms with Crippen LogP contribution in [0.5, 0.6) is 5.75 Å². The molecule has 0 saturated heterocycles. The number of hydrogen-bond acceptors (Lipinski definition) is 5. The van der Waals surface area contributed by atoms with Gasteiger partial charge < -0.3 is 14.2 Å². The van der Waals surface area contributed by atoms with Crippen molar-refractivity contribution in [2.24, 2.45) is 0 Å². The molecule has 2 aromatic carbocycles. The first-order valence-electron chi connectivity index (χ1n) is 8.64. The highest BCUT2D eigenvalue weighted by molar-refractivity contribution is 6.41. The van der Waals surface area contributed by atoms with Crippen molar-refractivity contribution in [2.75, 3.05) is 0 Å². The normalized spacial score (nSPS) is 15.3. The van der Waals surface area contributed by atoms with Crippen LogP contribution in [0, 0.1) is 5.82 Å². The maximum Gasteiger partial charge on any atom is 0.340 e. The van der Waals surface area contributed by atoms with Crippen LogP contribution in [0.2, 0.25) is 10.2 Å². The molecule has 3 aromatic rings. The second-order valence-corrected chi connectivity index (χ2v) is 7.06. The number of hydrogen-bond donors (Lipinski definition) is 0. The summed E-state index contributed by atoms with van der Waals surface area (Å²) in [5.74, 6) is -0.705. The van der Waals surface area contributed by atoms with Crippen molar-refractivity contribution in [2.45, 2.75) is 19.5 Å². The molecule has 0 aliphatic carbocycles.